The Morgan fingerprint density at radius 2 is 1.81 bits per heavy atom. The van der Waals surface area contributed by atoms with Crippen LogP contribution in [0, 0.1) is 6.92 Å². The number of hydrogen-bond donors (Lipinski definition) is 1. The van der Waals surface area contributed by atoms with Gasteiger partial charge in [0.1, 0.15) is 11.3 Å². The van der Waals surface area contributed by atoms with Crippen molar-refractivity contribution in [1.82, 2.24) is 5.32 Å². The van der Waals surface area contributed by atoms with Gasteiger partial charge in [-0.3, -0.25) is 14.9 Å². The first-order valence-electron chi connectivity index (χ1n) is 9.03. The zero-order valence-electron chi connectivity index (χ0n) is 16.0. The van der Waals surface area contributed by atoms with E-state index in [9.17, 15) is 14.4 Å². The van der Waals surface area contributed by atoms with Crippen LogP contribution in [-0.4, -0.2) is 17.8 Å². The molecule has 31 heavy (non-hydrogen) atoms. The summed E-state index contributed by atoms with van der Waals surface area (Å²) in [5.41, 5.74) is 0.928. The van der Waals surface area contributed by atoms with Crippen LogP contribution >= 0.6 is 39.3 Å². The molecule has 2 heterocycles. The zero-order chi connectivity index (χ0) is 22.1. The number of rotatable bonds is 4. The molecule has 156 valence electrons. The van der Waals surface area contributed by atoms with Crippen LogP contribution in [0.4, 0.5) is 10.5 Å². The maximum absolute atomic E-state index is 13.0. The van der Waals surface area contributed by atoms with Crippen molar-refractivity contribution in [2.45, 2.75) is 16.9 Å². The molecular weight excluding hydrogens is 504 g/mol. The summed E-state index contributed by atoms with van der Waals surface area (Å²) in [6.07, 6.45) is 1.33. The summed E-state index contributed by atoms with van der Waals surface area (Å²) in [6.45, 7) is 1.78. The monoisotopic (exact) mass is 516 g/mol. The molecule has 0 aliphatic carbocycles. The number of barbiturate groups is 1. The van der Waals surface area contributed by atoms with Crippen LogP contribution in [0.3, 0.4) is 0 Å². The van der Waals surface area contributed by atoms with Gasteiger partial charge < -0.3 is 4.42 Å². The Bertz CT molecular complexity index is 1240. The van der Waals surface area contributed by atoms with Gasteiger partial charge in [-0.05, 0) is 70.9 Å². The molecule has 0 saturated carbocycles. The van der Waals surface area contributed by atoms with Gasteiger partial charge in [-0.2, -0.15) is 0 Å². The summed E-state index contributed by atoms with van der Waals surface area (Å²) in [4.78, 5) is 39.6. The normalized spacial score (nSPS) is 15.5. The lowest BCUT2D eigenvalue weighted by atomic mass is 10.1. The van der Waals surface area contributed by atoms with E-state index in [4.69, 9.17) is 16.0 Å². The highest BCUT2D eigenvalue weighted by Crippen LogP contribution is 2.37. The summed E-state index contributed by atoms with van der Waals surface area (Å²) >= 11 is 10.7. The van der Waals surface area contributed by atoms with E-state index in [0.717, 1.165) is 15.4 Å². The van der Waals surface area contributed by atoms with Gasteiger partial charge in [0, 0.05) is 9.92 Å². The number of benzene rings is 2. The predicted octanol–water partition coefficient (Wildman–Crippen LogP) is 5.82. The number of amides is 4. The lowest BCUT2D eigenvalue weighted by Gasteiger charge is -2.27. The molecule has 4 amide bonds. The van der Waals surface area contributed by atoms with E-state index in [2.05, 4.69) is 21.2 Å². The quantitative estimate of drug-likeness (QED) is 0.348. The van der Waals surface area contributed by atoms with Crippen molar-refractivity contribution in [2.24, 2.45) is 0 Å². The molecular formula is C22H14BrClN2O4S. The standard InChI is InChI=1S/C22H14BrClN2O4S/c1-12-4-2-3-5-18(12)26-20(28)16(19(27)25-22(26)29)10-14-11-17(23)21(30-14)31-15-8-6-13(24)7-9-15/h2-11H,1H3,(H,25,27,29)/b16-10+. The molecule has 1 saturated heterocycles. The number of halogens is 2. The first-order valence-corrected chi connectivity index (χ1v) is 11.0. The van der Waals surface area contributed by atoms with Gasteiger partial charge in [0.05, 0.1) is 10.2 Å². The van der Waals surface area contributed by atoms with Crippen molar-refractivity contribution in [3.05, 3.63) is 81.0 Å². The summed E-state index contributed by atoms with van der Waals surface area (Å²) in [7, 11) is 0. The van der Waals surface area contributed by atoms with Crippen LogP contribution in [0.25, 0.3) is 6.08 Å². The van der Waals surface area contributed by atoms with Crippen molar-refractivity contribution in [2.75, 3.05) is 4.90 Å². The molecule has 0 atom stereocenters. The van der Waals surface area contributed by atoms with Gasteiger partial charge in [0.25, 0.3) is 11.8 Å². The fourth-order valence-electron chi connectivity index (χ4n) is 2.95. The Kier molecular flexibility index (Phi) is 6.04. The van der Waals surface area contributed by atoms with Gasteiger partial charge in [-0.25, -0.2) is 9.69 Å². The molecule has 0 bridgehead atoms. The fraction of sp³-hybridized carbons (Fsp3) is 0.0455. The van der Waals surface area contributed by atoms with Gasteiger partial charge >= 0.3 is 6.03 Å². The maximum Gasteiger partial charge on any atom is 0.335 e. The minimum absolute atomic E-state index is 0.202. The number of carbonyl (C=O) groups excluding carboxylic acids is 3. The molecule has 0 spiro atoms. The summed E-state index contributed by atoms with van der Waals surface area (Å²) in [5.74, 6) is -1.21. The number of nitrogens with one attached hydrogen (secondary N) is 1. The Balaban J connectivity index is 1.65. The third kappa shape index (κ3) is 4.46. The molecule has 6 nitrogen and oxygen atoms in total. The highest BCUT2D eigenvalue weighted by atomic mass is 79.9. The van der Waals surface area contributed by atoms with Crippen molar-refractivity contribution in [3.8, 4) is 0 Å². The molecule has 9 heteroatoms. The second kappa shape index (κ2) is 8.74. The van der Waals surface area contributed by atoms with Gasteiger partial charge in [0.15, 0.2) is 5.09 Å². The molecule has 1 N–H and O–H groups in total. The number of carbonyl (C=O) groups is 3. The second-order valence-electron chi connectivity index (χ2n) is 6.58. The number of imide groups is 2. The van der Waals surface area contributed by atoms with E-state index < -0.39 is 17.8 Å². The molecule has 3 aromatic rings. The molecule has 4 rings (SSSR count). The first-order chi connectivity index (χ1) is 14.8. The highest BCUT2D eigenvalue weighted by Gasteiger charge is 2.37. The van der Waals surface area contributed by atoms with Gasteiger partial charge in [-0.1, -0.05) is 41.6 Å². The van der Waals surface area contributed by atoms with Gasteiger partial charge in [-0.15, -0.1) is 0 Å². The summed E-state index contributed by atoms with van der Waals surface area (Å²) in [5, 5.41) is 3.38. The number of furan rings is 1. The average Bonchev–Trinajstić information content (AvgIpc) is 3.07. The largest absolute Gasteiger partial charge is 0.449 e. The summed E-state index contributed by atoms with van der Waals surface area (Å²) in [6, 6.07) is 15.0. The Morgan fingerprint density at radius 1 is 1.10 bits per heavy atom. The third-order valence-corrected chi connectivity index (χ3v) is 6.54. The minimum Gasteiger partial charge on any atom is -0.449 e. The van der Waals surface area contributed by atoms with Crippen LogP contribution in [0.2, 0.25) is 5.02 Å². The van der Waals surface area contributed by atoms with Crippen LogP contribution in [0.5, 0.6) is 0 Å². The van der Waals surface area contributed by atoms with E-state index in [1.54, 1.807) is 49.4 Å². The van der Waals surface area contributed by atoms with Crippen molar-refractivity contribution < 1.29 is 18.8 Å². The fourth-order valence-corrected chi connectivity index (χ4v) is 4.41. The van der Waals surface area contributed by atoms with Crippen molar-refractivity contribution in [3.63, 3.8) is 0 Å². The lowest BCUT2D eigenvalue weighted by molar-refractivity contribution is -0.122. The van der Waals surface area contributed by atoms with Crippen LogP contribution < -0.4 is 10.2 Å². The SMILES string of the molecule is Cc1ccccc1N1C(=O)NC(=O)/C(=C\c2cc(Br)c(Sc3ccc(Cl)cc3)o2)C1=O. The molecule has 1 aliphatic rings. The van der Waals surface area contributed by atoms with Crippen LogP contribution in [-0.2, 0) is 9.59 Å². The minimum atomic E-state index is -0.791. The van der Waals surface area contributed by atoms with E-state index in [1.165, 1.54) is 17.8 Å². The molecule has 1 aliphatic heterocycles. The van der Waals surface area contributed by atoms with Crippen LogP contribution in [0.15, 0.2) is 79.0 Å². The Hall–Kier alpha value is -2.81. The van der Waals surface area contributed by atoms with E-state index >= 15 is 0 Å². The van der Waals surface area contributed by atoms with Crippen LogP contribution in [0.1, 0.15) is 11.3 Å². The zero-order valence-corrected chi connectivity index (χ0v) is 19.2. The van der Waals surface area contributed by atoms with Gasteiger partial charge in [0.2, 0.25) is 0 Å². The molecule has 1 fully saturated rings. The predicted molar refractivity (Wildman–Crippen MR) is 122 cm³/mol. The topological polar surface area (TPSA) is 79.6 Å². The number of hydrogen-bond acceptors (Lipinski definition) is 5. The highest BCUT2D eigenvalue weighted by molar-refractivity contribution is 9.10. The van der Waals surface area contributed by atoms with E-state index in [-0.39, 0.29) is 5.57 Å². The molecule has 0 radical (unpaired) electrons. The molecule has 2 aromatic carbocycles. The molecule has 0 unspecified atom stereocenters. The van der Waals surface area contributed by atoms with E-state index in [0.29, 0.717) is 26.0 Å². The smallest absolute Gasteiger partial charge is 0.335 e. The number of aryl methyl sites for hydroxylation is 1. The van der Waals surface area contributed by atoms with Crippen molar-refractivity contribution in [1.29, 1.82) is 0 Å². The third-order valence-electron chi connectivity index (χ3n) is 4.44. The van der Waals surface area contributed by atoms with Crippen molar-refractivity contribution >= 4 is 68.9 Å². The number of para-hydroxylation sites is 1. The Morgan fingerprint density at radius 3 is 2.52 bits per heavy atom. The summed E-state index contributed by atoms with van der Waals surface area (Å²) < 4.78 is 6.47. The number of nitrogens with zero attached hydrogens (tertiary/aromatic N) is 1. The number of urea groups is 1. The number of anilines is 1. The maximum atomic E-state index is 13.0. The lowest BCUT2D eigenvalue weighted by Crippen LogP contribution is -2.54. The first kappa shape index (κ1) is 21.4. The van der Waals surface area contributed by atoms with E-state index in [1.807, 2.05) is 12.1 Å². The molecule has 1 aromatic heterocycles. The second-order valence-corrected chi connectivity index (χ2v) is 8.92. The Labute approximate surface area is 195 Å². The average molecular weight is 518 g/mol.